The van der Waals surface area contributed by atoms with Crippen molar-refractivity contribution in [2.24, 2.45) is 0 Å². The van der Waals surface area contributed by atoms with Gasteiger partial charge in [-0.25, -0.2) is 4.98 Å². The molecule has 88 valence electrons. The molecule has 1 unspecified atom stereocenters. The summed E-state index contributed by atoms with van der Waals surface area (Å²) < 4.78 is 0. The highest BCUT2D eigenvalue weighted by molar-refractivity contribution is 7.98. The zero-order chi connectivity index (χ0) is 11.7. The van der Waals surface area contributed by atoms with E-state index in [1.165, 1.54) is 16.2 Å². The summed E-state index contributed by atoms with van der Waals surface area (Å²) in [5.41, 5.74) is 3.70. The number of aromatic nitrogens is 2. The molecule has 1 aliphatic heterocycles. The molecule has 2 heterocycles. The number of thioether (sulfide) groups is 1. The van der Waals surface area contributed by atoms with Crippen molar-refractivity contribution >= 4 is 11.8 Å². The lowest BCUT2D eigenvalue weighted by Gasteiger charge is -2.23. The molecule has 1 atom stereocenters. The summed E-state index contributed by atoms with van der Waals surface area (Å²) in [5.74, 6) is 0. The van der Waals surface area contributed by atoms with Crippen LogP contribution in [0, 0.1) is 0 Å². The van der Waals surface area contributed by atoms with E-state index in [1.54, 1.807) is 18.1 Å². The minimum Gasteiger partial charge on any atom is -0.348 e. The van der Waals surface area contributed by atoms with Crippen LogP contribution < -0.4 is 5.32 Å². The average molecular weight is 245 g/mol. The Balaban J connectivity index is 1.95. The number of nitrogens with one attached hydrogen (secondary N) is 2. The van der Waals surface area contributed by atoms with E-state index >= 15 is 0 Å². The van der Waals surface area contributed by atoms with Crippen LogP contribution in [0.25, 0.3) is 0 Å². The van der Waals surface area contributed by atoms with Crippen molar-refractivity contribution in [3.63, 3.8) is 0 Å². The first-order valence-electron chi connectivity index (χ1n) is 5.78. The molecule has 0 radical (unpaired) electrons. The summed E-state index contributed by atoms with van der Waals surface area (Å²) >= 11 is 1.77. The van der Waals surface area contributed by atoms with Gasteiger partial charge in [-0.3, -0.25) is 0 Å². The van der Waals surface area contributed by atoms with E-state index < -0.39 is 0 Å². The Morgan fingerprint density at radius 3 is 2.88 bits per heavy atom. The summed E-state index contributed by atoms with van der Waals surface area (Å²) in [6, 6.07) is 8.95. The smallest absolute Gasteiger partial charge is 0.0926 e. The van der Waals surface area contributed by atoms with Gasteiger partial charge in [0.1, 0.15) is 0 Å². The van der Waals surface area contributed by atoms with Gasteiger partial charge in [0.15, 0.2) is 0 Å². The Kier molecular flexibility index (Phi) is 2.91. The topological polar surface area (TPSA) is 40.7 Å². The largest absolute Gasteiger partial charge is 0.348 e. The molecule has 0 spiro atoms. The van der Waals surface area contributed by atoms with E-state index in [4.69, 9.17) is 0 Å². The quantitative estimate of drug-likeness (QED) is 0.798. The highest BCUT2D eigenvalue weighted by atomic mass is 32.2. The molecular weight excluding hydrogens is 230 g/mol. The van der Waals surface area contributed by atoms with Gasteiger partial charge < -0.3 is 10.3 Å². The molecule has 3 nitrogen and oxygen atoms in total. The van der Waals surface area contributed by atoms with E-state index in [9.17, 15) is 0 Å². The number of fused-ring (bicyclic) bond motifs is 1. The molecule has 2 aromatic rings. The number of benzene rings is 1. The van der Waals surface area contributed by atoms with Crippen molar-refractivity contribution in [2.75, 3.05) is 12.8 Å². The molecule has 0 saturated heterocycles. The van der Waals surface area contributed by atoms with Crippen LogP contribution in [0.1, 0.15) is 23.0 Å². The van der Waals surface area contributed by atoms with Crippen LogP contribution in [0.2, 0.25) is 0 Å². The normalized spacial score (nSPS) is 19.0. The molecule has 2 N–H and O–H groups in total. The van der Waals surface area contributed by atoms with Crippen LogP contribution in [-0.4, -0.2) is 22.8 Å². The van der Waals surface area contributed by atoms with Crippen LogP contribution in [0.3, 0.4) is 0 Å². The fourth-order valence-electron chi connectivity index (χ4n) is 2.29. The Bertz CT molecular complexity index is 504. The Hall–Kier alpha value is -1.26. The molecule has 17 heavy (non-hydrogen) atoms. The molecule has 1 aromatic heterocycles. The van der Waals surface area contributed by atoms with Gasteiger partial charge in [0.05, 0.1) is 18.1 Å². The van der Waals surface area contributed by atoms with E-state index in [-0.39, 0.29) is 6.04 Å². The van der Waals surface area contributed by atoms with Crippen molar-refractivity contribution < 1.29 is 0 Å². The molecule has 0 bridgehead atoms. The van der Waals surface area contributed by atoms with Gasteiger partial charge in [-0.05, 0) is 24.0 Å². The number of hydrogen-bond donors (Lipinski definition) is 2. The van der Waals surface area contributed by atoms with Crippen LogP contribution >= 0.6 is 11.8 Å². The summed E-state index contributed by atoms with van der Waals surface area (Å²) in [6.45, 7) is 1.00. The number of imidazole rings is 1. The number of H-pyrrole nitrogens is 1. The molecule has 0 aliphatic carbocycles. The summed E-state index contributed by atoms with van der Waals surface area (Å²) in [4.78, 5) is 8.96. The van der Waals surface area contributed by atoms with Gasteiger partial charge in [0.2, 0.25) is 0 Å². The van der Waals surface area contributed by atoms with Gasteiger partial charge in [-0.1, -0.05) is 12.1 Å². The number of aromatic amines is 1. The molecule has 1 aliphatic rings. The van der Waals surface area contributed by atoms with E-state index in [0.29, 0.717) is 0 Å². The second kappa shape index (κ2) is 4.55. The van der Waals surface area contributed by atoms with Crippen molar-refractivity contribution in [2.45, 2.75) is 17.4 Å². The van der Waals surface area contributed by atoms with Crippen molar-refractivity contribution in [1.82, 2.24) is 15.3 Å². The zero-order valence-electron chi connectivity index (χ0n) is 9.73. The summed E-state index contributed by atoms with van der Waals surface area (Å²) in [6.07, 6.45) is 4.93. The van der Waals surface area contributed by atoms with Gasteiger partial charge in [-0.15, -0.1) is 11.8 Å². The Morgan fingerprint density at radius 2 is 2.12 bits per heavy atom. The predicted molar refractivity (Wildman–Crippen MR) is 70.4 cm³/mol. The fourth-order valence-corrected chi connectivity index (χ4v) is 2.70. The predicted octanol–water partition coefficient (Wildman–Crippen LogP) is 2.37. The first-order chi connectivity index (χ1) is 8.38. The highest BCUT2D eigenvalue weighted by Crippen LogP contribution is 2.27. The maximum atomic E-state index is 4.43. The molecule has 1 aromatic carbocycles. The monoisotopic (exact) mass is 245 g/mol. The number of hydrogen-bond acceptors (Lipinski definition) is 3. The van der Waals surface area contributed by atoms with Gasteiger partial charge >= 0.3 is 0 Å². The Labute approximate surface area is 105 Å². The minimum absolute atomic E-state index is 0.237. The fraction of sp³-hybridized carbons (Fsp3) is 0.308. The molecular formula is C13H15N3S. The van der Waals surface area contributed by atoms with Crippen LogP contribution in [0.15, 0.2) is 35.5 Å². The number of rotatable bonds is 2. The number of nitrogens with zero attached hydrogens (tertiary/aromatic N) is 1. The zero-order valence-corrected chi connectivity index (χ0v) is 10.6. The second-order valence-electron chi connectivity index (χ2n) is 4.18. The standard InChI is InChI=1S/C13H15N3S/c1-17-10-4-2-9(3-5-10)12-13-11(6-7-14-12)15-8-16-13/h2-5,8,12,14H,6-7H2,1H3,(H,15,16). The molecule has 0 amide bonds. The molecule has 0 fully saturated rings. The lowest BCUT2D eigenvalue weighted by atomic mass is 9.98. The third-order valence-electron chi connectivity index (χ3n) is 3.20. The van der Waals surface area contributed by atoms with Crippen LogP contribution in [-0.2, 0) is 6.42 Å². The maximum Gasteiger partial charge on any atom is 0.0926 e. The third kappa shape index (κ3) is 1.98. The molecule has 4 heteroatoms. The van der Waals surface area contributed by atoms with E-state index in [0.717, 1.165) is 18.7 Å². The lowest BCUT2D eigenvalue weighted by Crippen LogP contribution is -2.30. The van der Waals surface area contributed by atoms with Crippen molar-refractivity contribution in [3.05, 3.63) is 47.5 Å². The highest BCUT2D eigenvalue weighted by Gasteiger charge is 2.23. The first-order valence-corrected chi connectivity index (χ1v) is 7.00. The van der Waals surface area contributed by atoms with Crippen molar-refractivity contribution in [1.29, 1.82) is 0 Å². The van der Waals surface area contributed by atoms with Crippen LogP contribution in [0.5, 0.6) is 0 Å². The Morgan fingerprint density at radius 1 is 1.29 bits per heavy atom. The van der Waals surface area contributed by atoms with Crippen molar-refractivity contribution in [3.8, 4) is 0 Å². The minimum atomic E-state index is 0.237. The molecule has 0 saturated carbocycles. The molecule has 3 rings (SSSR count). The SMILES string of the molecule is CSc1ccc(C2NCCc3[nH]cnc32)cc1. The lowest BCUT2D eigenvalue weighted by molar-refractivity contribution is 0.553. The first kappa shape index (κ1) is 10.9. The second-order valence-corrected chi connectivity index (χ2v) is 5.06. The van der Waals surface area contributed by atoms with Gasteiger partial charge in [0.25, 0.3) is 0 Å². The average Bonchev–Trinajstić information content (AvgIpc) is 2.87. The summed E-state index contributed by atoms with van der Waals surface area (Å²) in [5, 5.41) is 3.53. The third-order valence-corrected chi connectivity index (χ3v) is 3.94. The summed E-state index contributed by atoms with van der Waals surface area (Å²) in [7, 11) is 0. The van der Waals surface area contributed by atoms with E-state index in [1.807, 2.05) is 0 Å². The van der Waals surface area contributed by atoms with Gasteiger partial charge in [0, 0.05) is 23.6 Å². The van der Waals surface area contributed by atoms with E-state index in [2.05, 4.69) is 45.8 Å². The van der Waals surface area contributed by atoms with Gasteiger partial charge in [-0.2, -0.15) is 0 Å². The van der Waals surface area contributed by atoms with Crippen LogP contribution in [0.4, 0.5) is 0 Å². The maximum absolute atomic E-state index is 4.43.